The number of carbonyl (C=O) groups is 3. The number of nitrogens with two attached hydrogens (primary N) is 1. The van der Waals surface area contributed by atoms with Gasteiger partial charge in [-0.15, -0.1) is 0 Å². The number of fused-ring (bicyclic) bond motifs is 1. The van der Waals surface area contributed by atoms with Gasteiger partial charge >= 0.3 is 0 Å². The molecule has 0 aliphatic carbocycles. The SMILES string of the molecule is C[C@@]1(N)CCN(Cc2cccc3c2CN(C2CCC(=O)NC2=O)C3=O)C1. The van der Waals surface area contributed by atoms with Gasteiger partial charge in [0.15, 0.2) is 0 Å². The highest BCUT2D eigenvalue weighted by Crippen LogP contribution is 2.31. The summed E-state index contributed by atoms with van der Waals surface area (Å²) in [6, 6.07) is 5.20. The highest BCUT2D eigenvalue weighted by atomic mass is 16.2. The monoisotopic (exact) mass is 356 g/mol. The molecule has 2 fully saturated rings. The summed E-state index contributed by atoms with van der Waals surface area (Å²) >= 11 is 0. The van der Waals surface area contributed by atoms with E-state index in [1.54, 1.807) is 4.90 Å². The zero-order valence-electron chi connectivity index (χ0n) is 15.0. The van der Waals surface area contributed by atoms with Crippen molar-refractivity contribution >= 4 is 17.7 Å². The average Bonchev–Trinajstić information content (AvgIpc) is 3.08. The van der Waals surface area contributed by atoms with Crippen LogP contribution in [0.15, 0.2) is 18.2 Å². The van der Waals surface area contributed by atoms with Crippen LogP contribution in [0.2, 0.25) is 0 Å². The van der Waals surface area contributed by atoms with Crippen LogP contribution in [-0.4, -0.2) is 52.2 Å². The van der Waals surface area contributed by atoms with Gasteiger partial charge in [0.1, 0.15) is 6.04 Å². The van der Waals surface area contributed by atoms with Gasteiger partial charge in [-0.3, -0.25) is 24.6 Å². The average molecular weight is 356 g/mol. The number of imide groups is 1. The van der Waals surface area contributed by atoms with E-state index in [0.29, 0.717) is 18.5 Å². The van der Waals surface area contributed by atoms with Crippen LogP contribution in [-0.2, 0) is 22.7 Å². The summed E-state index contributed by atoms with van der Waals surface area (Å²) in [5.41, 5.74) is 8.84. The lowest BCUT2D eigenvalue weighted by molar-refractivity contribution is -0.136. The second kappa shape index (κ2) is 6.17. The molecular weight excluding hydrogens is 332 g/mol. The molecule has 1 aromatic carbocycles. The fourth-order valence-corrected chi connectivity index (χ4v) is 4.26. The smallest absolute Gasteiger partial charge is 0.255 e. The highest BCUT2D eigenvalue weighted by molar-refractivity contribution is 6.05. The molecule has 0 aromatic heterocycles. The van der Waals surface area contributed by atoms with Crippen LogP contribution in [0.3, 0.4) is 0 Å². The number of benzene rings is 1. The van der Waals surface area contributed by atoms with Gasteiger partial charge in [0.25, 0.3) is 5.91 Å². The summed E-state index contributed by atoms with van der Waals surface area (Å²) in [6.07, 6.45) is 1.62. The first kappa shape index (κ1) is 17.2. The summed E-state index contributed by atoms with van der Waals surface area (Å²) in [7, 11) is 0. The van der Waals surface area contributed by atoms with Crippen molar-refractivity contribution in [3.63, 3.8) is 0 Å². The van der Waals surface area contributed by atoms with Crippen molar-refractivity contribution < 1.29 is 14.4 Å². The number of hydrogen-bond acceptors (Lipinski definition) is 5. The molecule has 7 heteroatoms. The first-order chi connectivity index (χ1) is 12.3. The van der Waals surface area contributed by atoms with Crippen LogP contribution in [0.4, 0.5) is 0 Å². The Kier molecular flexibility index (Phi) is 4.08. The van der Waals surface area contributed by atoms with Crippen LogP contribution in [0.1, 0.15) is 47.7 Å². The van der Waals surface area contributed by atoms with Crippen molar-refractivity contribution in [1.82, 2.24) is 15.1 Å². The van der Waals surface area contributed by atoms with E-state index < -0.39 is 6.04 Å². The van der Waals surface area contributed by atoms with Gasteiger partial charge < -0.3 is 10.6 Å². The Bertz CT molecular complexity index is 789. The number of hydrogen-bond donors (Lipinski definition) is 2. The Morgan fingerprint density at radius 3 is 2.81 bits per heavy atom. The molecule has 0 saturated carbocycles. The summed E-state index contributed by atoms with van der Waals surface area (Å²) in [5.74, 6) is -0.765. The topological polar surface area (TPSA) is 95.7 Å². The number of rotatable bonds is 3. The van der Waals surface area contributed by atoms with E-state index in [1.165, 1.54) is 0 Å². The van der Waals surface area contributed by atoms with Crippen molar-refractivity contribution in [3.05, 3.63) is 34.9 Å². The quantitative estimate of drug-likeness (QED) is 0.763. The molecule has 2 saturated heterocycles. The van der Waals surface area contributed by atoms with Crippen molar-refractivity contribution in [1.29, 1.82) is 0 Å². The van der Waals surface area contributed by atoms with Crippen molar-refractivity contribution in [3.8, 4) is 0 Å². The third-order valence-corrected chi connectivity index (χ3v) is 5.66. The predicted octanol–water partition coefficient (Wildman–Crippen LogP) is 0.371. The molecule has 3 aliphatic heterocycles. The maximum atomic E-state index is 12.8. The summed E-state index contributed by atoms with van der Waals surface area (Å²) < 4.78 is 0. The third kappa shape index (κ3) is 3.01. The molecule has 4 rings (SSSR count). The molecule has 3 aliphatic rings. The summed E-state index contributed by atoms with van der Waals surface area (Å²) in [6.45, 7) is 5.02. The van der Waals surface area contributed by atoms with Crippen molar-refractivity contribution in [2.75, 3.05) is 13.1 Å². The van der Waals surface area contributed by atoms with E-state index in [0.717, 1.165) is 37.2 Å². The highest BCUT2D eigenvalue weighted by Gasteiger charge is 2.40. The van der Waals surface area contributed by atoms with Crippen LogP contribution < -0.4 is 11.1 Å². The molecule has 1 unspecified atom stereocenters. The lowest BCUT2D eigenvalue weighted by atomic mass is 10.0. The van der Waals surface area contributed by atoms with E-state index in [2.05, 4.69) is 17.1 Å². The molecular formula is C19H24N4O3. The molecule has 26 heavy (non-hydrogen) atoms. The van der Waals surface area contributed by atoms with E-state index in [-0.39, 0.29) is 29.7 Å². The molecule has 7 nitrogen and oxygen atoms in total. The number of amides is 3. The minimum absolute atomic E-state index is 0.124. The van der Waals surface area contributed by atoms with Crippen LogP contribution in [0, 0.1) is 0 Å². The van der Waals surface area contributed by atoms with Crippen molar-refractivity contribution in [2.45, 2.75) is 50.9 Å². The molecule has 3 heterocycles. The molecule has 138 valence electrons. The fraction of sp³-hybridized carbons (Fsp3) is 0.526. The maximum Gasteiger partial charge on any atom is 0.255 e. The zero-order chi connectivity index (χ0) is 18.5. The van der Waals surface area contributed by atoms with Gasteiger partial charge in [0.2, 0.25) is 11.8 Å². The molecule has 0 radical (unpaired) electrons. The van der Waals surface area contributed by atoms with Gasteiger partial charge in [0.05, 0.1) is 0 Å². The minimum Gasteiger partial charge on any atom is -0.324 e. The molecule has 3 N–H and O–H groups in total. The first-order valence-electron chi connectivity index (χ1n) is 9.11. The largest absolute Gasteiger partial charge is 0.324 e. The zero-order valence-corrected chi connectivity index (χ0v) is 15.0. The lowest BCUT2D eigenvalue weighted by Crippen LogP contribution is -2.52. The Morgan fingerprint density at radius 2 is 2.12 bits per heavy atom. The fourth-order valence-electron chi connectivity index (χ4n) is 4.26. The van der Waals surface area contributed by atoms with E-state index in [9.17, 15) is 14.4 Å². The number of likely N-dealkylation sites (tertiary alicyclic amines) is 1. The van der Waals surface area contributed by atoms with Gasteiger partial charge in [-0.25, -0.2) is 0 Å². The van der Waals surface area contributed by atoms with Gasteiger partial charge in [-0.05, 0) is 37.0 Å². The van der Waals surface area contributed by atoms with Gasteiger partial charge in [-0.2, -0.15) is 0 Å². The lowest BCUT2D eigenvalue weighted by Gasteiger charge is -2.29. The van der Waals surface area contributed by atoms with E-state index in [1.807, 2.05) is 18.2 Å². The van der Waals surface area contributed by atoms with Gasteiger partial charge in [-0.1, -0.05) is 12.1 Å². The molecule has 3 amide bonds. The first-order valence-corrected chi connectivity index (χ1v) is 9.11. The third-order valence-electron chi connectivity index (χ3n) is 5.66. The number of carbonyl (C=O) groups excluding carboxylic acids is 3. The summed E-state index contributed by atoms with van der Waals surface area (Å²) in [4.78, 5) is 40.3. The Labute approximate surface area is 152 Å². The minimum atomic E-state index is -0.570. The van der Waals surface area contributed by atoms with Gasteiger partial charge in [0, 0.05) is 43.7 Å². The molecule has 0 bridgehead atoms. The molecule has 0 spiro atoms. The van der Waals surface area contributed by atoms with Crippen LogP contribution >= 0.6 is 0 Å². The van der Waals surface area contributed by atoms with Crippen molar-refractivity contribution in [2.24, 2.45) is 5.73 Å². The van der Waals surface area contributed by atoms with E-state index >= 15 is 0 Å². The van der Waals surface area contributed by atoms with E-state index in [4.69, 9.17) is 5.73 Å². The molecule has 2 atom stereocenters. The normalized spacial score (nSPS) is 29.2. The summed E-state index contributed by atoms with van der Waals surface area (Å²) in [5, 5.41) is 2.34. The Hall–Kier alpha value is -2.25. The number of nitrogens with zero attached hydrogens (tertiary/aromatic N) is 2. The second-order valence-electron chi connectivity index (χ2n) is 7.96. The van der Waals surface area contributed by atoms with Crippen LogP contribution in [0.25, 0.3) is 0 Å². The Balaban J connectivity index is 1.55. The molecule has 1 aromatic rings. The standard InChI is InChI=1S/C19H24N4O3/c1-19(20)7-8-22(11-19)9-12-3-2-4-13-14(12)10-23(18(13)26)15-5-6-16(24)21-17(15)25/h2-4,15H,5-11,20H2,1H3,(H,21,24,25)/t15?,19-/m1/s1. The second-order valence-corrected chi connectivity index (χ2v) is 7.96. The van der Waals surface area contributed by atoms with Crippen LogP contribution in [0.5, 0.6) is 0 Å². The Morgan fingerprint density at radius 1 is 1.31 bits per heavy atom. The number of piperidine rings is 1. The maximum absolute atomic E-state index is 12.8. The predicted molar refractivity (Wildman–Crippen MR) is 95.0 cm³/mol. The number of nitrogens with one attached hydrogen (secondary N) is 1.